The standard InChI is InChI=1S/C10H18N2O/c1-9(12(3)8-7-11)5-4-6-10(9,2)13/h13H,4-6,8H2,1-3H3. The Morgan fingerprint density at radius 1 is 1.46 bits per heavy atom. The van der Waals surface area contributed by atoms with E-state index in [1.54, 1.807) is 0 Å². The van der Waals surface area contributed by atoms with Gasteiger partial charge in [0, 0.05) is 5.54 Å². The van der Waals surface area contributed by atoms with Crippen molar-refractivity contribution in [3.05, 3.63) is 0 Å². The van der Waals surface area contributed by atoms with Crippen LogP contribution < -0.4 is 0 Å². The third kappa shape index (κ3) is 1.56. The highest BCUT2D eigenvalue weighted by Crippen LogP contribution is 2.42. The summed E-state index contributed by atoms with van der Waals surface area (Å²) in [4.78, 5) is 1.96. The summed E-state index contributed by atoms with van der Waals surface area (Å²) in [7, 11) is 1.91. The van der Waals surface area contributed by atoms with Crippen LogP contribution in [0.1, 0.15) is 33.1 Å². The van der Waals surface area contributed by atoms with Crippen molar-refractivity contribution in [3.63, 3.8) is 0 Å². The topological polar surface area (TPSA) is 47.3 Å². The van der Waals surface area contributed by atoms with Crippen LogP contribution in [0.5, 0.6) is 0 Å². The van der Waals surface area contributed by atoms with Gasteiger partial charge in [-0.3, -0.25) is 4.90 Å². The smallest absolute Gasteiger partial charge is 0.0868 e. The molecule has 3 heteroatoms. The van der Waals surface area contributed by atoms with Crippen LogP contribution in [0.15, 0.2) is 0 Å². The molecule has 1 aliphatic carbocycles. The Morgan fingerprint density at radius 2 is 2.08 bits per heavy atom. The van der Waals surface area contributed by atoms with E-state index >= 15 is 0 Å². The zero-order valence-electron chi connectivity index (χ0n) is 8.67. The zero-order valence-corrected chi connectivity index (χ0v) is 8.67. The van der Waals surface area contributed by atoms with E-state index < -0.39 is 5.60 Å². The van der Waals surface area contributed by atoms with E-state index in [0.717, 1.165) is 19.3 Å². The van der Waals surface area contributed by atoms with E-state index in [9.17, 15) is 5.11 Å². The molecule has 0 bridgehead atoms. The number of aliphatic hydroxyl groups is 1. The molecule has 0 aromatic heterocycles. The number of hydrogen-bond acceptors (Lipinski definition) is 3. The summed E-state index contributed by atoms with van der Waals surface area (Å²) in [5, 5.41) is 18.8. The minimum absolute atomic E-state index is 0.233. The molecule has 0 amide bonds. The fourth-order valence-corrected chi connectivity index (χ4v) is 2.20. The van der Waals surface area contributed by atoms with Gasteiger partial charge in [-0.15, -0.1) is 0 Å². The lowest BCUT2D eigenvalue weighted by atomic mass is 9.84. The van der Waals surface area contributed by atoms with E-state index in [-0.39, 0.29) is 5.54 Å². The van der Waals surface area contributed by atoms with Crippen molar-refractivity contribution in [2.45, 2.75) is 44.2 Å². The first kappa shape index (κ1) is 10.5. The van der Waals surface area contributed by atoms with Crippen LogP contribution in [0.2, 0.25) is 0 Å². The fraction of sp³-hybridized carbons (Fsp3) is 0.900. The van der Waals surface area contributed by atoms with Crippen molar-refractivity contribution < 1.29 is 5.11 Å². The molecule has 2 unspecified atom stereocenters. The molecule has 0 heterocycles. The Balaban J connectivity index is 2.81. The normalized spacial score (nSPS) is 39.4. The minimum atomic E-state index is -0.654. The van der Waals surface area contributed by atoms with Gasteiger partial charge in [0.2, 0.25) is 0 Å². The Bertz CT molecular complexity index is 232. The summed E-state index contributed by atoms with van der Waals surface area (Å²) < 4.78 is 0. The van der Waals surface area contributed by atoms with E-state index in [0.29, 0.717) is 6.54 Å². The van der Waals surface area contributed by atoms with Gasteiger partial charge in [0.25, 0.3) is 0 Å². The van der Waals surface area contributed by atoms with Crippen LogP contribution in [0.4, 0.5) is 0 Å². The van der Waals surface area contributed by atoms with E-state index in [2.05, 4.69) is 6.07 Å². The first-order chi connectivity index (χ1) is 5.94. The molecule has 0 aromatic rings. The molecule has 1 aliphatic rings. The average Bonchev–Trinajstić information content (AvgIpc) is 2.28. The number of likely N-dealkylation sites (N-methyl/N-ethyl adjacent to an activating group) is 1. The van der Waals surface area contributed by atoms with Crippen molar-refractivity contribution in [2.75, 3.05) is 13.6 Å². The minimum Gasteiger partial charge on any atom is -0.388 e. The Hall–Kier alpha value is -0.590. The second kappa shape index (κ2) is 3.28. The van der Waals surface area contributed by atoms with Crippen molar-refractivity contribution in [1.82, 2.24) is 4.90 Å². The molecule has 0 aromatic carbocycles. The average molecular weight is 182 g/mol. The molecule has 13 heavy (non-hydrogen) atoms. The highest BCUT2D eigenvalue weighted by atomic mass is 16.3. The zero-order chi connectivity index (χ0) is 10.1. The molecular weight excluding hydrogens is 164 g/mol. The number of nitriles is 1. The predicted molar refractivity (Wildman–Crippen MR) is 51.1 cm³/mol. The van der Waals surface area contributed by atoms with E-state index in [1.165, 1.54) is 0 Å². The summed E-state index contributed by atoms with van der Waals surface area (Å²) in [5.74, 6) is 0. The molecular formula is C10H18N2O. The molecule has 0 saturated heterocycles. The van der Waals surface area contributed by atoms with Crippen LogP contribution >= 0.6 is 0 Å². The van der Waals surface area contributed by atoms with Crippen LogP contribution in [0.3, 0.4) is 0 Å². The molecule has 1 fully saturated rings. The second-order valence-corrected chi connectivity index (χ2v) is 4.42. The Labute approximate surface area is 80.0 Å². The van der Waals surface area contributed by atoms with Gasteiger partial charge in [-0.05, 0) is 40.2 Å². The molecule has 0 spiro atoms. The molecule has 2 atom stereocenters. The summed E-state index contributed by atoms with van der Waals surface area (Å²) in [6.45, 7) is 4.29. The molecule has 0 aliphatic heterocycles. The maximum absolute atomic E-state index is 10.2. The van der Waals surface area contributed by atoms with Crippen LogP contribution in [0.25, 0.3) is 0 Å². The van der Waals surface area contributed by atoms with Gasteiger partial charge in [-0.25, -0.2) is 0 Å². The van der Waals surface area contributed by atoms with Crippen molar-refractivity contribution >= 4 is 0 Å². The lowest BCUT2D eigenvalue weighted by molar-refractivity contribution is -0.0583. The van der Waals surface area contributed by atoms with E-state index in [1.807, 2.05) is 25.8 Å². The first-order valence-corrected chi connectivity index (χ1v) is 4.74. The van der Waals surface area contributed by atoms with Crippen molar-refractivity contribution in [1.29, 1.82) is 5.26 Å². The number of rotatable bonds is 2. The Kier molecular flexibility index (Phi) is 2.65. The van der Waals surface area contributed by atoms with E-state index in [4.69, 9.17) is 5.26 Å². The van der Waals surface area contributed by atoms with Gasteiger partial charge in [0.1, 0.15) is 0 Å². The largest absolute Gasteiger partial charge is 0.388 e. The fourth-order valence-electron chi connectivity index (χ4n) is 2.20. The van der Waals surface area contributed by atoms with Gasteiger partial charge in [-0.1, -0.05) is 0 Å². The molecule has 0 radical (unpaired) electrons. The maximum Gasteiger partial charge on any atom is 0.0868 e. The van der Waals surface area contributed by atoms with Crippen LogP contribution in [0, 0.1) is 11.3 Å². The lowest BCUT2D eigenvalue weighted by Gasteiger charge is -2.43. The third-order valence-electron chi connectivity index (χ3n) is 3.64. The molecule has 3 nitrogen and oxygen atoms in total. The molecule has 1 rings (SSSR count). The monoisotopic (exact) mass is 182 g/mol. The van der Waals surface area contributed by atoms with Crippen molar-refractivity contribution in [3.8, 4) is 6.07 Å². The molecule has 1 saturated carbocycles. The van der Waals surface area contributed by atoms with Gasteiger partial charge < -0.3 is 5.11 Å². The molecule has 1 N–H and O–H groups in total. The summed E-state index contributed by atoms with van der Waals surface area (Å²) in [5.41, 5.74) is -0.888. The maximum atomic E-state index is 10.2. The first-order valence-electron chi connectivity index (χ1n) is 4.74. The highest BCUT2D eigenvalue weighted by Gasteiger charge is 2.49. The van der Waals surface area contributed by atoms with Crippen LogP contribution in [-0.4, -0.2) is 34.7 Å². The third-order valence-corrected chi connectivity index (χ3v) is 3.64. The second-order valence-electron chi connectivity index (χ2n) is 4.42. The quantitative estimate of drug-likeness (QED) is 0.651. The highest BCUT2D eigenvalue weighted by molar-refractivity contribution is 5.06. The molecule has 74 valence electrons. The Morgan fingerprint density at radius 3 is 2.46 bits per heavy atom. The van der Waals surface area contributed by atoms with Gasteiger partial charge in [0.05, 0.1) is 18.2 Å². The number of hydrogen-bond donors (Lipinski definition) is 1. The predicted octanol–water partition coefficient (Wildman–Crippen LogP) is 1.14. The summed E-state index contributed by atoms with van der Waals surface area (Å²) in [6, 6.07) is 2.12. The number of nitrogens with zero attached hydrogens (tertiary/aromatic N) is 2. The van der Waals surface area contributed by atoms with Crippen molar-refractivity contribution in [2.24, 2.45) is 0 Å². The van der Waals surface area contributed by atoms with Crippen LogP contribution in [-0.2, 0) is 0 Å². The summed E-state index contributed by atoms with van der Waals surface area (Å²) in [6.07, 6.45) is 2.84. The SMILES string of the molecule is CN(CC#N)C1(C)CCCC1(C)O. The summed E-state index contributed by atoms with van der Waals surface area (Å²) >= 11 is 0. The van der Waals surface area contributed by atoms with Gasteiger partial charge in [-0.2, -0.15) is 5.26 Å². The van der Waals surface area contributed by atoms with Gasteiger partial charge in [0.15, 0.2) is 0 Å². The van der Waals surface area contributed by atoms with Gasteiger partial charge >= 0.3 is 0 Å². The lowest BCUT2D eigenvalue weighted by Crippen LogP contribution is -2.56.